The van der Waals surface area contributed by atoms with Crippen molar-refractivity contribution in [3.8, 4) is 5.75 Å². The molecule has 0 saturated carbocycles. The minimum Gasteiger partial charge on any atom is -0.460 e. The summed E-state index contributed by atoms with van der Waals surface area (Å²) in [4.78, 5) is 12.7. The molecular weight excluding hydrogens is 461 g/mol. The largest absolute Gasteiger partial charge is 0.460 e. The molecule has 2 heterocycles. The van der Waals surface area contributed by atoms with Gasteiger partial charge < -0.3 is 14.2 Å². The van der Waals surface area contributed by atoms with E-state index in [2.05, 4.69) is 0 Å². The molecule has 7 nitrogen and oxygen atoms in total. The molecule has 0 aliphatic carbocycles. The molecule has 1 fully saturated rings. The highest BCUT2D eigenvalue weighted by Crippen LogP contribution is 2.37. The monoisotopic (exact) mass is 483 g/mol. The van der Waals surface area contributed by atoms with E-state index in [-0.39, 0.29) is 24.5 Å². The lowest BCUT2D eigenvalue weighted by atomic mass is 10.1. The Morgan fingerprint density at radius 2 is 1.91 bits per heavy atom. The highest BCUT2D eigenvalue weighted by Gasteiger charge is 2.29. The van der Waals surface area contributed by atoms with Gasteiger partial charge in [0.05, 0.1) is 23.6 Å². The normalized spacial score (nSPS) is 18.7. The quantitative estimate of drug-likeness (QED) is 0.503. The van der Waals surface area contributed by atoms with Gasteiger partial charge in [-0.25, -0.2) is 17.6 Å². The van der Waals surface area contributed by atoms with Crippen LogP contribution in [0.1, 0.15) is 39.8 Å². The number of ether oxygens (including phenoxy) is 3. The zero-order valence-corrected chi connectivity index (χ0v) is 19.0. The van der Waals surface area contributed by atoms with E-state index < -0.39 is 28.1 Å². The maximum atomic E-state index is 14.2. The maximum absolute atomic E-state index is 14.2. The topological polar surface area (TPSA) is 82.1 Å². The van der Waals surface area contributed by atoms with Gasteiger partial charge in [-0.15, -0.1) is 0 Å². The van der Waals surface area contributed by atoms with Gasteiger partial charge in [-0.2, -0.15) is 0 Å². The molecule has 3 aromatic carbocycles. The van der Waals surface area contributed by atoms with E-state index in [1.54, 1.807) is 18.2 Å². The molecule has 9 heteroatoms. The van der Waals surface area contributed by atoms with Crippen LogP contribution in [0.3, 0.4) is 0 Å². The van der Waals surface area contributed by atoms with Crippen molar-refractivity contribution in [1.82, 2.24) is 0 Å². The molecule has 2 aliphatic heterocycles. The van der Waals surface area contributed by atoms with Gasteiger partial charge in [0, 0.05) is 23.2 Å². The Morgan fingerprint density at radius 3 is 2.68 bits per heavy atom. The van der Waals surface area contributed by atoms with Crippen LogP contribution in [0.25, 0.3) is 0 Å². The number of nitrogens with zero attached hydrogens (tertiary/aromatic N) is 1. The van der Waals surface area contributed by atoms with Crippen LogP contribution in [0, 0.1) is 5.82 Å². The fraction of sp³-hybridized carbons (Fsp3) is 0.240. The maximum Gasteiger partial charge on any atom is 0.338 e. The number of esters is 1. The van der Waals surface area contributed by atoms with Crippen LogP contribution in [0.4, 0.5) is 10.1 Å². The summed E-state index contributed by atoms with van der Waals surface area (Å²) in [7, 11) is -3.37. The SMILES string of the molecule is O=C(OCc1cc(F)cc2c1OC(c1ccccc1)OC2)c1cccc(N2CCCS2(=O)=O)c1. The standard InChI is InChI=1S/C25H22FNO6S/c26-21-12-19(23-20(13-21)16-32-25(33-23)17-6-2-1-3-7-17)15-31-24(28)18-8-4-9-22(14-18)27-10-5-11-34(27,29)30/h1-4,6-9,12-14,25H,5,10-11,15-16H2. The van der Waals surface area contributed by atoms with E-state index in [1.807, 2.05) is 30.3 Å². The van der Waals surface area contributed by atoms with Crippen LogP contribution < -0.4 is 9.04 Å². The van der Waals surface area contributed by atoms with Gasteiger partial charge in [0.15, 0.2) is 0 Å². The van der Waals surface area contributed by atoms with Crippen LogP contribution in [0.5, 0.6) is 5.75 Å². The van der Waals surface area contributed by atoms with E-state index in [9.17, 15) is 17.6 Å². The third kappa shape index (κ3) is 4.49. The lowest BCUT2D eigenvalue weighted by Crippen LogP contribution is -2.25. The summed E-state index contributed by atoms with van der Waals surface area (Å²) in [6, 6.07) is 18.2. The molecule has 0 spiro atoms. The lowest BCUT2D eigenvalue weighted by molar-refractivity contribution is -0.112. The summed E-state index contributed by atoms with van der Waals surface area (Å²) in [5, 5.41) is 0. The van der Waals surface area contributed by atoms with Crippen LogP contribution in [0.15, 0.2) is 66.7 Å². The molecule has 0 aromatic heterocycles. The summed E-state index contributed by atoms with van der Waals surface area (Å²) in [6.45, 7) is 0.310. The van der Waals surface area contributed by atoms with Crippen LogP contribution in [-0.2, 0) is 32.7 Å². The van der Waals surface area contributed by atoms with Crippen LogP contribution in [-0.4, -0.2) is 26.7 Å². The second kappa shape index (κ2) is 9.08. The van der Waals surface area contributed by atoms with Gasteiger partial charge in [0.25, 0.3) is 0 Å². The van der Waals surface area contributed by atoms with Crippen molar-refractivity contribution >= 4 is 21.7 Å². The number of benzene rings is 3. The fourth-order valence-electron chi connectivity index (χ4n) is 4.10. The second-order valence-corrected chi connectivity index (χ2v) is 10.1. The van der Waals surface area contributed by atoms with Crippen LogP contribution >= 0.6 is 0 Å². The smallest absolute Gasteiger partial charge is 0.338 e. The molecular formula is C25H22FNO6S. The average Bonchev–Trinajstić information content (AvgIpc) is 3.21. The Kier molecular flexibility index (Phi) is 5.97. The van der Waals surface area contributed by atoms with Gasteiger partial charge in [0.2, 0.25) is 16.3 Å². The van der Waals surface area contributed by atoms with Gasteiger partial charge in [-0.1, -0.05) is 36.4 Å². The van der Waals surface area contributed by atoms with E-state index >= 15 is 0 Å². The Labute approximate surface area is 196 Å². The van der Waals surface area contributed by atoms with Crippen molar-refractivity contribution in [2.24, 2.45) is 0 Å². The molecule has 5 rings (SSSR count). The molecule has 0 bridgehead atoms. The number of hydrogen-bond donors (Lipinski definition) is 0. The van der Waals surface area contributed by atoms with Crippen molar-refractivity contribution in [1.29, 1.82) is 0 Å². The first-order chi connectivity index (χ1) is 16.4. The van der Waals surface area contributed by atoms with Crippen molar-refractivity contribution in [3.05, 3.63) is 94.8 Å². The summed E-state index contributed by atoms with van der Waals surface area (Å²) in [5.74, 6) is -0.634. The van der Waals surface area contributed by atoms with E-state index in [0.29, 0.717) is 35.5 Å². The Balaban J connectivity index is 1.34. The molecule has 0 amide bonds. The minimum atomic E-state index is -3.37. The predicted molar refractivity (Wildman–Crippen MR) is 122 cm³/mol. The summed E-state index contributed by atoms with van der Waals surface area (Å²) >= 11 is 0. The fourth-order valence-corrected chi connectivity index (χ4v) is 5.66. The Hall–Kier alpha value is -3.43. The van der Waals surface area contributed by atoms with Gasteiger partial charge in [-0.3, -0.25) is 4.31 Å². The third-order valence-electron chi connectivity index (χ3n) is 5.72. The molecule has 0 N–H and O–H groups in total. The van der Waals surface area contributed by atoms with Gasteiger partial charge >= 0.3 is 5.97 Å². The number of anilines is 1. The van der Waals surface area contributed by atoms with E-state index in [4.69, 9.17) is 14.2 Å². The first-order valence-electron chi connectivity index (χ1n) is 10.8. The number of halogens is 1. The molecule has 34 heavy (non-hydrogen) atoms. The summed E-state index contributed by atoms with van der Waals surface area (Å²) < 4.78 is 57.1. The zero-order chi connectivity index (χ0) is 23.7. The third-order valence-corrected chi connectivity index (χ3v) is 7.59. The molecule has 3 aromatic rings. The van der Waals surface area contributed by atoms with Crippen molar-refractivity contribution < 1.29 is 31.8 Å². The Morgan fingerprint density at radius 1 is 1.09 bits per heavy atom. The first kappa shape index (κ1) is 22.4. The van der Waals surface area contributed by atoms with E-state index in [1.165, 1.54) is 22.5 Å². The predicted octanol–water partition coefficient (Wildman–Crippen LogP) is 4.33. The second-order valence-electron chi connectivity index (χ2n) is 8.09. The number of carbonyl (C=O) groups excluding carboxylic acids is 1. The molecule has 1 unspecified atom stereocenters. The number of carbonyl (C=O) groups is 1. The first-order valence-corrected chi connectivity index (χ1v) is 12.4. The van der Waals surface area contributed by atoms with E-state index in [0.717, 1.165) is 5.56 Å². The lowest BCUT2D eigenvalue weighted by Gasteiger charge is -2.28. The molecule has 0 radical (unpaired) electrons. The van der Waals surface area contributed by atoms with Gasteiger partial charge in [0.1, 0.15) is 18.2 Å². The number of sulfonamides is 1. The summed E-state index contributed by atoms with van der Waals surface area (Å²) in [5.41, 5.74) is 2.34. The minimum absolute atomic E-state index is 0.0834. The van der Waals surface area contributed by atoms with Gasteiger partial charge in [-0.05, 0) is 36.8 Å². The molecule has 2 aliphatic rings. The average molecular weight is 484 g/mol. The number of rotatable bonds is 5. The Bertz CT molecular complexity index is 1330. The summed E-state index contributed by atoms with van der Waals surface area (Å²) in [6.07, 6.45) is -0.122. The molecule has 1 atom stereocenters. The zero-order valence-electron chi connectivity index (χ0n) is 18.1. The number of hydrogen-bond acceptors (Lipinski definition) is 6. The number of fused-ring (bicyclic) bond motifs is 1. The van der Waals surface area contributed by atoms with Crippen molar-refractivity contribution in [2.45, 2.75) is 25.9 Å². The highest BCUT2D eigenvalue weighted by atomic mass is 32.2. The molecule has 176 valence electrons. The molecule has 1 saturated heterocycles. The van der Waals surface area contributed by atoms with Crippen LogP contribution in [0.2, 0.25) is 0 Å². The highest BCUT2D eigenvalue weighted by molar-refractivity contribution is 7.93. The van der Waals surface area contributed by atoms with Crippen molar-refractivity contribution in [3.63, 3.8) is 0 Å². The van der Waals surface area contributed by atoms with Crippen molar-refractivity contribution in [2.75, 3.05) is 16.6 Å².